The summed E-state index contributed by atoms with van der Waals surface area (Å²) in [5, 5.41) is 14.7. The first kappa shape index (κ1) is 16.0. The van der Waals surface area contributed by atoms with E-state index >= 15 is 0 Å². The van der Waals surface area contributed by atoms with E-state index in [1.54, 1.807) is 18.2 Å². The van der Waals surface area contributed by atoms with Crippen LogP contribution in [0.1, 0.15) is 22.5 Å². The minimum absolute atomic E-state index is 0.0339. The lowest BCUT2D eigenvalue weighted by atomic mass is 10.2. The summed E-state index contributed by atoms with van der Waals surface area (Å²) in [4.78, 5) is 11.9. The molecule has 0 bridgehead atoms. The van der Waals surface area contributed by atoms with E-state index in [1.807, 2.05) is 0 Å². The Labute approximate surface area is 124 Å². The molecule has 1 amide bonds. The minimum atomic E-state index is -4.51. The second kappa shape index (κ2) is 6.61. The molecule has 2 rings (SSSR count). The Bertz CT molecular complexity index is 653. The molecule has 0 spiro atoms. The molecule has 0 radical (unpaired) electrons. The second-order valence-electron chi connectivity index (χ2n) is 4.53. The minimum Gasteiger partial charge on any atom is -0.396 e. The van der Waals surface area contributed by atoms with Crippen molar-refractivity contribution in [3.05, 3.63) is 47.8 Å². The molecule has 0 fully saturated rings. The van der Waals surface area contributed by atoms with Crippen molar-refractivity contribution in [2.75, 3.05) is 13.2 Å². The van der Waals surface area contributed by atoms with Crippen molar-refractivity contribution >= 4 is 5.91 Å². The summed E-state index contributed by atoms with van der Waals surface area (Å²) < 4.78 is 38.7. The zero-order valence-electron chi connectivity index (χ0n) is 11.5. The summed E-state index contributed by atoms with van der Waals surface area (Å²) in [6.07, 6.45) is -2.89. The molecule has 0 saturated carbocycles. The highest BCUT2D eigenvalue weighted by molar-refractivity contribution is 5.94. The highest BCUT2D eigenvalue weighted by Crippen LogP contribution is 2.27. The first-order valence-corrected chi connectivity index (χ1v) is 6.54. The number of rotatable bonds is 5. The third kappa shape index (κ3) is 3.85. The maximum absolute atomic E-state index is 12.5. The summed E-state index contributed by atoms with van der Waals surface area (Å²) in [5.74, 6) is -0.362. The van der Waals surface area contributed by atoms with Gasteiger partial charge in [0, 0.05) is 24.9 Å². The van der Waals surface area contributed by atoms with Gasteiger partial charge in [0.2, 0.25) is 0 Å². The van der Waals surface area contributed by atoms with Gasteiger partial charge in [-0.2, -0.15) is 18.3 Å². The van der Waals surface area contributed by atoms with Gasteiger partial charge in [0.15, 0.2) is 5.69 Å². The number of aliphatic hydroxyl groups excluding tert-OH is 1. The average molecular weight is 313 g/mol. The number of halogens is 3. The summed E-state index contributed by atoms with van der Waals surface area (Å²) in [5.41, 5.74) is -0.338. The Morgan fingerprint density at radius 2 is 2.09 bits per heavy atom. The van der Waals surface area contributed by atoms with Gasteiger partial charge >= 0.3 is 6.18 Å². The maximum Gasteiger partial charge on any atom is 0.435 e. The number of alkyl halides is 3. The Hall–Kier alpha value is -2.35. The molecular formula is C14H14F3N3O2. The molecule has 118 valence electrons. The molecule has 0 saturated heterocycles. The van der Waals surface area contributed by atoms with E-state index in [0.29, 0.717) is 24.2 Å². The van der Waals surface area contributed by atoms with Gasteiger partial charge in [-0.15, -0.1) is 0 Å². The van der Waals surface area contributed by atoms with Crippen molar-refractivity contribution in [2.24, 2.45) is 0 Å². The number of nitrogens with one attached hydrogen (secondary N) is 1. The van der Waals surface area contributed by atoms with Crippen LogP contribution in [0.5, 0.6) is 0 Å². The number of hydrogen-bond acceptors (Lipinski definition) is 3. The van der Waals surface area contributed by atoms with Gasteiger partial charge < -0.3 is 10.4 Å². The molecule has 2 aromatic rings. The molecular weight excluding hydrogens is 299 g/mol. The van der Waals surface area contributed by atoms with Gasteiger partial charge in [-0.3, -0.25) is 4.79 Å². The van der Waals surface area contributed by atoms with Gasteiger partial charge in [0.1, 0.15) is 0 Å². The van der Waals surface area contributed by atoms with E-state index in [9.17, 15) is 18.0 Å². The number of aliphatic hydroxyl groups is 1. The number of benzene rings is 1. The largest absolute Gasteiger partial charge is 0.435 e. The van der Waals surface area contributed by atoms with E-state index in [4.69, 9.17) is 5.11 Å². The highest BCUT2D eigenvalue weighted by atomic mass is 19.4. The Kier molecular flexibility index (Phi) is 4.81. The highest BCUT2D eigenvalue weighted by Gasteiger charge is 2.33. The number of hydrogen-bond donors (Lipinski definition) is 2. The predicted octanol–water partition coefficient (Wildman–Crippen LogP) is 2.00. The van der Waals surface area contributed by atoms with Crippen LogP contribution in [-0.2, 0) is 6.18 Å². The van der Waals surface area contributed by atoms with Crippen LogP contribution in [0.15, 0.2) is 36.5 Å². The van der Waals surface area contributed by atoms with Crippen LogP contribution in [0.4, 0.5) is 13.2 Å². The molecule has 0 atom stereocenters. The van der Waals surface area contributed by atoms with Crippen molar-refractivity contribution in [2.45, 2.75) is 12.6 Å². The normalized spacial score (nSPS) is 11.5. The van der Waals surface area contributed by atoms with Gasteiger partial charge in [-0.25, -0.2) is 4.68 Å². The Balaban J connectivity index is 2.18. The summed E-state index contributed by atoms with van der Waals surface area (Å²) in [6.45, 7) is 0.285. The van der Waals surface area contributed by atoms with Crippen LogP contribution in [0.2, 0.25) is 0 Å². The fourth-order valence-electron chi connectivity index (χ4n) is 1.79. The second-order valence-corrected chi connectivity index (χ2v) is 4.53. The average Bonchev–Trinajstić information content (AvgIpc) is 2.97. The first-order valence-electron chi connectivity index (χ1n) is 6.54. The molecule has 5 nitrogen and oxygen atoms in total. The lowest BCUT2D eigenvalue weighted by molar-refractivity contribution is -0.141. The molecule has 1 aromatic carbocycles. The maximum atomic E-state index is 12.5. The van der Waals surface area contributed by atoms with Crippen LogP contribution in [0, 0.1) is 0 Å². The Morgan fingerprint density at radius 1 is 1.32 bits per heavy atom. The summed E-state index contributed by atoms with van der Waals surface area (Å²) in [7, 11) is 0. The molecule has 0 unspecified atom stereocenters. The lowest BCUT2D eigenvalue weighted by Gasteiger charge is -2.07. The number of carbonyl (C=O) groups excluding carboxylic acids is 1. The van der Waals surface area contributed by atoms with E-state index < -0.39 is 11.9 Å². The van der Waals surface area contributed by atoms with Crippen LogP contribution in [-0.4, -0.2) is 33.9 Å². The molecule has 2 N–H and O–H groups in total. The van der Waals surface area contributed by atoms with Gasteiger partial charge in [0.25, 0.3) is 5.91 Å². The summed E-state index contributed by atoms with van der Waals surface area (Å²) >= 11 is 0. The SMILES string of the molecule is O=C(NCCCO)c1cccc(-n2ccc(C(F)(F)F)n2)c1. The van der Waals surface area contributed by atoms with E-state index in [0.717, 1.165) is 10.7 Å². The molecule has 1 aromatic heterocycles. The van der Waals surface area contributed by atoms with E-state index in [2.05, 4.69) is 10.4 Å². The number of carbonyl (C=O) groups is 1. The zero-order chi connectivity index (χ0) is 16.2. The van der Waals surface area contributed by atoms with Crippen molar-refractivity contribution in [3.8, 4) is 5.69 Å². The fraction of sp³-hybridized carbons (Fsp3) is 0.286. The van der Waals surface area contributed by atoms with Gasteiger partial charge in [-0.05, 0) is 30.7 Å². The third-order valence-corrected chi connectivity index (χ3v) is 2.87. The quantitative estimate of drug-likeness (QED) is 0.830. The first-order chi connectivity index (χ1) is 10.4. The molecule has 1 heterocycles. The smallest absolute Gasteiger partial charge is 0.396 e. The van der Waals surface area contributed by atoms with E-state index in [1.165, 1.54) is 12.3 Å². The van der Waals surface area contributed by atoms with Crippen LogP contribution < -0.4 is 5.32 Å². The van der Waals surface area contributed by atoms with E-state index in [-0.39, 0.29) is 12.5 Å². The monoisotopic (exact) mass is 313 g/mol. The number of aromatic nitrogens is 2. The zero-order valence-corrected chi connectivity index (χ0v) is 11.5. The predicted molar refractivity (Wildman–Crippen MR) is 72.6 cm³/mol. The molecule has 0 aliphatic heterocycles. The van der Waals surface area contributed by atoms with Crippen LogP contribution in [0.3, 0.4) is 0 Å². The van der Waals surface area contributed by atoms with Gasteiger partial charge in [0.05, 0.1) is 5.69 Å². The van der Waals surface area contributed by atoms with Crippen molar-refractivity contribution in [1.82, 2.24) is 15.1 Å². The topological polar surface area (TPSA) is 67.2 Å². The summed E-state index contributed by atoms with van der Waals surface area (Å²) in [6, 6.07) is 6.98. The van der Waals surface area contributed by atoms with Crippen molar-refractivity contribution in [1.29, 1.82) is 0 Å². The Morgan fingerprint density at radius 3 is 2.73 bits per heavy atom. The molecule has 8 heteroatoms. The lowest BCUT2D eigenvalue weighted by Crippen LogP contribution is -2.25. The van der Waals surface area contributed by atoms with Crippen LogP contribution >= 0.6 is 0 Å². The number of nitrogens with zero attached hydrogens (tertiary/aromatic N) is 2. The standard InChI is InChI=1S/C14H14F3N3O2/c15-14(16,17)12-5-7-20(19-12)11-4-1-3-10(9-11)13(22)18-6-2-8-21/h1,3-5,7,9,21H,2,6,8H2,(H,18,22). The van der Waals surface area contributed by atoms with Crippen molar-refractivity contribution in [3.63, 3.8) is 0 Å². The van der Waals surface area contributed by atoms with Crippen LogP contribution in [0.25, 0.3) is 5.69 Å². The van der Waals surface area contributed by atoms with Gasteiger partial charge in [-0.1, -0.05) is 6.07 Å². The number of amides is 1. The molecule has 0 aliphatic carbocycles. The molecule has 0 aliphatic rings. The third-order valence-electron chi connectivity index (χ3n) is 2.87. The van der Waals surface area contributed by atoms with Crippen molar-refractivity contribution < 1.29 is 23.1 Å². The molecule has 22 heavy (non-hydrogen) atoms. The fourth-order valence-corrected chi connectivity index (χ4v) is 1.79.